The van der Waals surface area contributed by atoms with Crippen LogP contribution in [0, 0.1) is 0 Å². The van der Waals surface area contributed by atoms with E-state index in [1.54, 1.807) is 0 Å². The average molecular weight is 487 g/mol. The molecule has 5 unspecified atom stereocenters. The summed E-state index contributed by atoms with van der Waals surface area (Å²) in [6, 6.07) is 18.9. The highest BCUT2D eigenvalue weighted by Gasteiger charge is 2.51. The first kappa shape index (κ1) is 26.3. The number of carbonyl (C=O) groups is 3. The molecule has 2 aromatic rings. The van der Waals surface area contributed by atoms with E-state index in [4.69, 9.17) is 28.4 Å². The van der Waals surface area contributed by atoms with Crippen LogP contribution in [-0.4, -0.2) is 55.2 Å². The Morgan fingerprint density at radius 3 is 1.69 bits per heavy atom. The zero-order chi connectivity index (χ0) is 25.2. The molecule has 5 atom stereocenters. The Kier molecular flexibility index (Phi) is 9.77. The van der Waals surface area contributed by atoms with Crippen LogP contribution < -0.4 is 0 Å². The zero-order valence-electron chi connectivity index (χ0n) is 20.0. The summed E-state index contributed by atoms with van der Waals surface area (Å²) in [6.45, 7) is 3.92. The maximum atomic E-state index is 12.0. The van der Waals surface area contributed by atoms with Crippen molar-refractivity contribution in [3.63, 3.8) is 0 Å². The van der Waals surface area contributed by atoms with Crippen LogP contribution in [0.3, 0.4) is 0 Å². The molecule has 2 aromatic carbocycles. The first-order chi connectivity index (χ1) is 16.8. The number of carbonyl (C=O) groups excluding carboxylic acids is 3. The Bertz CT molecular complexity index is 963. The molecule has 0 aliphatic carbocycles. The van der Waals surface area contributed by atoms with E-state index in [1.165, 1.54) is 20.8 Å². The van der Waals surface area contributed by atoms with Crippen LogP contribution in [0.15, 0.2) is 60.7 Å². The molecule has 0 bridgehead atoms. The van der Waals surface area contributed by atoms with Gasteiger partial charge < -0.3 is 28.4 Å². The topological polar surface area (TPSA) is 107 Å². The minimum Gasteiger partial charge on any atom is -0.463 e. The second-order valence-electron chi connectivity index (χ2n) is 8.05. The second kappa shape index (κ2) is 13.0. The van der Waals surface area contributed by atoms with Gasteiger partial charge in [0.15, 0.2) is 6.10 Å². The average Bonchev–Trinajstić information content (AvgIpc) is 2.82. The number of ether oxygens (including phenoxy) is 6. The molecule has 1 heterocycles. The van der Waals surface area contributed by atoms with Crippen LogP contribution >= 0.6 is 0 Å². The fraction of sp³-hybridized carbons (Fsp3) is 0.423. The lowest BCUT2D eigenvalue weighted by molar-refractivity contribution is -0.311. The Balaban J connectivity index is 1.92. The van der Waals surface area contributed by atoms with Crippen LogP contribution in [-0.2, 0) is 56.0 Å². The molecule has 9 nitrogen and oxygen atoms in total. The summed E-state index contributed by atoms with van der Waals surface area (Å²) in [5.74, 6) is -1.75. The van der Waals surface area contributed by atoms with Crippen LogP contribution in [0.2, 0.25) is 0 Å². The molecule has 1 fully saturated rings. The van der Waals surface area contributed by atoms with E-state index in [0.29, 0.717) is 0 Å². The highest BCUT2D eigenvalue weighted by molar-refractivity contribution is 5.67. The highest BCUT2D eigenvalue weighted by atomic mass is 16.7. The monoisotopic (exact) mass is 486 g/mol. The lowest BCUT2D eigenvalue weighted by Crippen LogP contribution is -2.62. The van der Waals surface area contributed by atoms with E-state index in [-0.39, 0.29) is 19.8 Å². The molecule has 1 saturated heterocycles. The molecule has 0 amide bonds. The van der Waals surface area contributed by atoms with E-state index in [1.807, 2.05) is 60.7 Å². The molecule has 9 heteroatoms. The van der Waals surface area contributed by atoms with E-state index in [2.05, 4.69) is 0 Å². The Morgan fingerprint density at radius 1 is 0.686 bits per heavy atom. The van der Waals surface area contributed by atoms with Gasteiger partial charge in [-0.15, -0.1) is 0 Å². The van der Waals surface area contributed by atoms with Gasteiger partial charge in [-0.3, -0.25) is 14.4 Å². The maximum absolute atomic E-state index is 12.0. The summed E-state index contributed by atoms with van der Waals surface area (Å²) >= 11 is 0. The van der Waals surface area contributed by atoms with Crippen LogP contribution in [0.4, 0.5) is 0 Å². The van der Waals surface area contributed by atoms with Gasteiger partial charge in [0.2, 0.25) is 6.29 Å². The fourth-order valence-electron chi connectivity index (χ4n) is 3.71. The molecular weight excluding hydrogens is 456 g/mol. The van der Waals surface area contributed by atoms with Crippen molar-refractivity contribution in [2.24, 2.45) is 0 Å². The van der Waals surface area contributed by atoms with Crippen molar-refractivity contribution in [3.05, 3.63) is 71.8 Å². The van der Waals surface area contributed by atoms with Crippen LogP contribution in [0.5, 0.6) is 0 Å². The van der Waals surface area contributed by atoms with E-state index in [0.717, 1.165) is 11.1 Å². The minimum atomic E-state index is -1.28. The third kappa shape index (κ3) is 8.17. The van der Waals surface area contributed by atoms with Crippen molar-refractivity contribution in [1.29, 1.82) is 0 Å². The largest absolute Gasteiger partial charge is 0.463 e. The van der Waals surface area contributed by atoms with Gasteiger partial charge in [-0.2, -0.15) is 0 Å². The van der Waals surface area contributed by atoms with E-state index in [9.17, 15) is 14.4 Å². The van der Waals surface area contributed by atoms with Crippen molar-refractivity contribution in [2.45, 2.75) is 64.7 Å². The number of hydrogen-bond acceptors (Lipinski definition) is 9. The fourth-order valence-corrected chi connectivity index (χ4v) is 3.71. The number of benzene rings is 2. The van der Waals surface area contributed by atoms with Gasteiger partial charge in [0.25, 0.3) is 0 Å². The summed E-state index contributed by atoms with van der Waals surface area (Å²) in [7, 11) is 0. The normalized spacial score (nSPS) is 23.8. The summed E-state index contributed by atoms with van der Waals surface area (Å²) < 4.78 is 34.4. The summed E-state index contributed by atoms with van der Waals surface area (Å²) in [4.78, 5) is 35.3. The summed E-state index contributed by atoms with van der Waals surface area (Å²) in [5, 5.41) is 0. The summed E-state index contributed by atoms with van der Waals surface area (Å²) in [5.41, 5.74) is 1.77. The van der Waals surface area contributed by atoms with Crippen molar-refractivity contribution in [1.82, 2.24) is 0 Å². The molecule has 0 radical (unpaired) electrons. The second-order valence-corrected chi connectivity index (χ2v) is 8.05. The molecule has 0 saturated carbocycles. The van der Waals surface area contributed by atoms with Gasteiger partial charge >= 0.3 is 17.9 Å². The molecular formula is C26H30O9. The lowest BCUT2D eigenvalue weighted by Gasteiger charge is -2.44. The molecule has 1 aliphatic heterocycles. The van der Waals surface area contributed by atoms with Gasteiger partial charge in [-0.1, -0.05) is 60.7 Å². The van der Waals surface area contributed by atoms with E-state index < -0.39 is 48.6 Å². The Morgan fingerprint density at radius 2 is 1.20 bits per heavy atom. The molecule has 35 heavy (non-hydrogen) atoms. The maximum Gasteiger partial charge on any atom is 0.305 e. The van der Waals surface area contributed by atoms with Gasteiger partial charge in [0.1, 0.15) is 24.9 Å². The summed E-state index contributed by atoms with van der Waals surface area (Å²) in [6.07, 6.45) is -4.99. The minimum absolute atomic E-state index is 0.168. The van der Waals surface area contributed by atoms with Gasteiger partial charge in [0, 0.05) is 20.8 Å². The number of rotatable bonds is 10. The molecule has 0 aromatic heterocycles. The number of hydrogen-bond donors (Lipinski definition) is 0. The van der Waals surface area contributed by atoms with Crippen molar-refractivity contribution < 1.29 is 42.8 Å². The van der Waals surface area contributed by atoms with E-state index >= 15 is 0 Å². The molecule has 188 valence electrons. The van der Waals surface area contributed by atoms with Crippen molar-refractivity contribution >= 4 is 17.9 Å². The van der Waals surface area contributed by atoms with Crippen molar-refractivity contribution in [3.8, 4) is 0 Å². The van der Waals surface area contributed by atoms with Crippen molar-refractivity contribution in [2.75, 3.05) is 6.61 Å². The first-order valence-electron chi connectivity index (χ1n) is 11.3. The van der Waals surface area contributed by atoms with Gasteiger partial charge in [-0.25, -0.2) is 0 Å². The lowest BCUT2D eigenvalue weighted by atomic mass is 9.98. The zero-order valence-corrected chi connectivity index (χ0v) is 20.0. The van der Waals surface area contributed by atoms with Gasteiger partial charge in [0.05, 0.1) is 13.2 Å². The third-order valence-electron chi connectivity index (χ3n) is 5.20. The molecule has 1 aliphatic rings. The SMILES string of the molecule is CC(=O)OCC1OC(OC(C)=O)C(OC(C)=O)C(OCc2ccccc2)C1OCc1ccccc1. The standard InChI is InChI=1S/C26H30O9/c1-17(27)30-16-22-23(31-14-20-10-6-4-7-11-20)24(32-15-21-12-8-5-9-13-21)25(33-18(2)28)26(35-22)34-19(3)29/h4-13,22-26H,14-16H2,1-3H3. The third-order valence-corrected chi connectivity index (χ3v) is 5.20. The Hall–Kier alpha value is -3.27. The predicted octanol–water partition coefficient (Wildman–Crippen LogP) is 2.94. The number of esters is 3. The Labute approximate surface area is 204 Å². The smallest absolute Gasteiger partial charge is 0.305 e. The quantitative estimate of drug-likeness (QED) is 0.370. The van der Waals surface area contributed by atoms with Gasteiger partial charge in [-0.05, 0) is 11.1 Å². The van der Waals surface area contributed by atoms with Crippen LogP contribution in [0.1, 0.15) is 31.9 Å². The highest BCUT2D eigenvalue weighted by Crippen LogP contribution is 2.31. The first-order valence-corrected chi connectivity index (χ1v) is 11.3. The molecule has 0 N–H and O–H groups in total. The van der Waals surface area contributed by atoms with Crippen LogP contribution in [0.25, 0.3) is 0 Å². The molecule has 0 spiro atoms. The predicted molar refractivity (Wildman–Crippen MR) is 123 cm³/mol. The molecule has 3 rings (SSSR count).